The molecule has 3 unspecified atom stereocenters. The van der Waals surface area contributed by atoms with Crippen LogP contribution in [0, 0.1) is 11.8 Å². The lowest BCUT2D eigenvalue weighted by atomic mass is 9.98. The summed E-state index contributed by atoms with van der Waals surface area (Å²) in [7, 11) is 0. The van der Waals surface area contributed by atoms with Gasteiger partial charge in [-0.3, -0.25) is 9.69 Å². The molecule has 2 aliphatic heterocycles. The molecule has 102 valence electrons. The molecule has 2 aliphatic rings. The van der Waals surface area contributed by atoms with Crippen LogP contribution in [0.1, 0.15) is 24.1 Å². The van der Waals surface area contributed by atoms with Crippen LogP contribution >= 0.6 is 0 Å². The standard InChI is InChI=1S/C15H19NO3/c1-10-6-16(7-13(10)15(17)18)14-9-19-8-11-4-2-3-5-12(11)14/h2-5,10,13-14H,6-9H2,1H3,(H,17,18). The molecule has 2 heterocycles. The van der Waals surface area contributed by atoms with E-state index in [-0.39, 0.29) is 17.9 Å². The number of carboxylic acid groups (broad SMARTS) is 1. The Morgan fingerprint density at radius 3 is 2.89 bits per heavy atom. The average molecular weight is 261 g/mol. The lowest BCUT2D eigenvalue weighted by Crippen LogP contribution is -2.33. The van der Waals surface area contributed by atoms with Crippen LogP contribution in [0.25, 0.3) is 0 Å². The summed E-state index contributed by atoms with van der Waals surface area (Å²) in [4.78, 5) is 13.5. The van der Waals surface area contributed by atoms with Gasteiger partial charge in [-0.25, -0.2) is 0 Å². The van der Waals surface area contributed by atoms with Gasteiger partial charge in [0.2, 0.25) is 0 Å². The van der Waals surface area contributed by atoms with E-state index in [1.165, 1.54) is 11.1 Å². The van der Waals surface area contributed by atoms with Crippen molar-refractivity contribution in [1.82, 2.24) is 4.90 Å². The Balaban J connectivity index is 1.83. The SMILES string of the molecule is CC1CN(C2COCc3ccccc32)CC1C(=O)O. The van der Waals surface area contributed by atoms with Crippen molar-refractivity contribution < 1.29 is 14.6 Å². The molecule has 1 aromatic rings. The molecule has 3 rings (SSSR count). The number of fused-ring (bicyclic) bond motifs is 1. The molecule has 1 aromatic carbocycles. The first-order chi connectivity index (χ1) is 9.16. The van der Waals surface area contributed by atoms with E-state index < -0.39 is 5.97 Å². The summed E-state index contributed by atoms with van der Waals surface area (Å²) >= 11 is 0. The highest BCUT2D eigenvalue weighted by Gasteiger charge is 2.39. The predicted molar refractivity (Wildman–Crippen MR) is 70.7 cm³/mol. The first-order valence-corrected chi connectivity index (χ1v) is 6.79. The molecule has 1 saturated heterocycles. The minimum absolute atomic E-state index is 0.201. The maximum Gasteiger partial charge on any atom is 0.308 e. The van der Waals surface area contributed by atoms with Gasteiger partial charge in [0, 0.05) is 13.1 Å². The smallest absolute Gasteiger partial charge is 0.308 e. The quantitative estimate of drug-likeness (QED) is 0.883. The van der Waals surface area contributed by atoms with Gasteiger partial charge in [0.15, 0.2) is 0 Å². The Hall–Kier alpha value is -1.39. The molecular weight excluding hydrogens is 242 g/mol. The third kappa shape index (κ3) is 2.26. The minimum Gasteiger partial charge on any atom is -0.481 e. The van der Waals surface area contributed by atoms with Crippen LogP contribution in [0.4, 0.5) is 0 Å². The molecule has 1 N–H and O–H groups in total. The lowest BCUT2D eigenvalue weighted by molar-refractivity contribution is -0.142. The first-order valence-electron chi connectivity index (χ1n) is 6.79. The fourth-order valence-electron chi connectivity index (χ4n) is 3.24. The number of nitrogens with zero attached hydrogens (tertiary/aromatic N) is 1. The zero-order valence-corrected chi connectivity index (χ0v) is 11.1. The molecule has 0 aliphatic carbocycles. The number of ether oxygens (including phenoxy) is 1. The highest BCUT2D eigenvalue weighted by atomic mass is 16.5. The Morgan fingerprint density at radius 1 is 1.37 bits per heavy atom. The van der Waals surface area contributed by atoms with Crippen LogP contribution in [0.5, 0.6) is 0 Å². The summed E-state index contributed by atoms with van der Waals surface area (Å²) in [6, 6.07) is 8.51. The second-order valence-electron chi connectivity index (χ2n) is 5.61. The Bertz CT molecular complexity index is 488. The van der Waals surface area contributed by atoms with Gasteiger partial charge in [-0.2, -0.15) is 0 Å². The Labute approximate surface area is 113 Å². The van der Waals surface area contributed by atoms with Crippen molar-refractivity contribution in [3.63, 3.8) is 0 Å². The van der Waals surface area contributed by atoms with E-state index in [4.69, 9.17) is 4.74 Å². The van der Waals surface area contributed by atoms with Crippen LogP contribution in [-0.2, 0) is 16.1 Å². The van der Waals surface area contributed by atoms with E-state index in [1.54, 1.807) is 0 Å². The molecule has 4 nitrogen and oxygen atoms in total. The second kappa shape index (κ2) is 4.94. The lowest BCUT2D eigenvalue weighted by Gasteiger charge is -2.33. The summed E-state index contributed by atoms with van der Waals surface area (Å²) in [5, 5.41) is 9.24. The molecule has 3 atom stereocenters. The van der Waals surface area contributed by atoms with E-state index in [2.05, 4.69) is 17.0 Å². The third-order valence-electron chi connectivity index (χ3n) is 4.35. The fraction of sp³-hybridized carbons (Fsp3) is 0.533. The van der Waals surface area contributed by atoms with Crippen LogP contribution in [0.15, 0.2) is 24.3 Å². The average Bonchev–Trinajstić information content (AvgIpc) is 2.80. The molecule has 0 amide bonds. The van der Waals surface area contributed by atoms with Crippen molar-refractivity contribution >= 4 is 5.97 Å². The maximum atomic E-state index is 11.2. The zero-order chi connectivity index (χ0) is 13.4. The van der Waals surface area contributed by atoms with Crippen molar-refractivity contribution in [2.24, 2.45) is 11.8 Å². The Kier molecular flexibility index (Phi) is 3.29. The molecular formula is C15H19NO3. The van der Waals surface area contributed by atoms with E-state index in [1.807, 2.05) is 19.1 Å². The van der Waals surface area contributed by atoms with Crippen molar-refractivity contribution in [1.29, 1.82) is 0 Å². The van der Waals surface area contributed by atoms with Gasteiger partial charge < -0.3 is 9.84 Å². The number of likely N-dealkylation sites (tertiary alicyclic amines) is 1. The summed E-state index contributed by atoms with van der Waals surface area (Å²) in [5.41, 5.74) is 2.53. The molecule has 0 spiro atoms. The van der Waals surface area contributed by atoms with Gasteiger partial charge in [-0.05, 0) is 17.0 Å². The molecule has 0 radical (unpaired) electrons. The molecule has 0 bridgehead atoms. The maximum absolute atomic E-state index is 11.2. The normalized spacial score (nSPS) is 31.1. The molecule has 0 aromatic heterocycles. The van der Waals surface area contributed by atoms with Gasteiger partial charge >= 0.3 is 5.97 Å². The van der Waals surface area contributed by atoms with Crippen LogP contribution < -0.4 is 0 Å². The van der Waals surface area contributed by atoms with Crippen LogP contribution in [0.2, 0.25) is 0 Å². The third-order valence-corrected chi connectivity index (χ3v) is 4.35. The second-order valence-corrected chi connectivity index (χ2v) is 5.61. The number of rotatable bonds is 2. The van der Waals surface area contributed by atoms with E-state index in [0.717, 1.165) is 6.54 Å². The number of carbonyl (C=O) groups is 1. The number of hydrogen-bond donors (Lipinski definition) is 1. The fourth-order valence-corrected chi connectivity index (χ4v) is 3.24. The first kappa shape index (κ1) is 12.6. The molecule has 0 saturated carbocycles. The summed E-state index contributed by atoms with van der Waals surface area (Å²) in [6.45, 7) is 4.81. The van der Waals surface area contributed by atoms with Gasteiger partial charge in [0.1, 0.15) is 0 Å². The number of aliphatic carboxylic acids is 1. The summed E-state index contributed by atoms with van der Waals surface area (Å²) in [6.07, 6.45) is 0. The number of benzene rings is 1. The molecule has 1 fully saturated rings. The van der Waals surface area contributed by atoms with Crippen molar-refractivity contribution in [3.8, 4) is 0 Å². The highest BCUT2D eigenvalue weighted by Crippen LogP contribution is 2.35. The van der Waals surface area contributed by atoms with Crippen molar-refractivity contribution in [2.45, 2.75) is 19.6 Å². The number of carboxylic acids is 1. The molecule has 4 heteroatoms. The molecule has 19 heavy (non-hydrogen) atoms. The highest BCUT2D eigenvalue weighted by molar-refractivity contribution is 5.71. The van der Waals surface area contributed by atoms with Gasteiger partial charge in [-0.1, -0.05) is 31.2 Å². The minimum atomic E-state index is -0.681. The zero-order valence-electron chi connectivity index (χ0n) is 11.1. The van der Waals surface area contributed by atoms with Crippen molar-refractivity contribution in [3.05, 3.63) is 35.4 Å². The Morgan fingerprint density at radius 2 is 2.16 bits per heavy atom. The largest absolute Gasteiger partial charge is 0.481 e. The van der Waals surface area contributed by atoms with Crippen molar-refractivity contribution in [2.75, 3.05) is 19.7 Å². The predicted octanol–water partition coefficient (Wildman–Crippen LogP) is 1.91. The van der Waals surface area contributed by atoms with Gasteiger partial charge in [0.05, 0.1) is 25.2 Å². The monoisotopic (exact) mass is 261 g/mol. The number of hydrogen-bond acceptors (Lipinski definition) is 3. The summed E-state index contributed by atoms with van der Waals surface area (Å²) < 4.78 is 5.66. The van der Waals surface area contributed by atoms with E-state index >= 15 is 0 Å². The topological polar surface area (TPSA) is 49.8 Å². The van der Waals surface area contributed by atoms with Crippen LogP contribution in [-0.4, -0.2) is 35.7 Å². The van der Waals surface area contributed by atoms with Gasteiger partial charge in [-0.15, -0.1) is 0 Å². The van der Waals surface area contributed by atoms with Gasteiger partial charge in [0.25, 0.3) is 0 Å². The summed E-state index contributed by atoms with van der Waals surface area (Å²) in [5.74, 6) is -0.735. The van der Waals surface area contributed by atoms with E-state index in [9.17, 15) is 9.90 Å². The van der Waals surface area contributed by atoms with E-state index in [0.29, 0.717) is 19.8 Å². The van der Waals surface area contributed by atoms with Crippen LogP contribution in [0.3, 0.4) is 0 Å².